The third kappa shape index (κ3) is 7.41. The van der Waals surface area contributed by atoms with E-state index in [4.69, 9.17) is 28.4 Å². The molecule has 1 fully saturated rings. The van der Waals surface area contributed by atoms with Crippen LogP contribution in [0.15, 0.2) is 84.9 Å². The van der Waals surface area contributed by atoms with E-state index < -0.39 is 6.29 Å². The Morgan fingerprint density at radius 3 is 2.43 bits per heavy atom. The SMILES string of the molecule is COc1ccccc1COCCCOc1ccc([C@H]2CCNC[C@@H]2OC(OC)c2cc(OC)c3ccccc3c2)cc1. The Morgan fingerprint density at radius 2 is 1.62 bits per heavy atom. The first-order chi connectivity index (χ1) is 20.7. The van der Waals surface area contributed by atoms with E-state index in [0.29, 0.717) is 19.8 Å². The van der Waals surface area contributed by atoms with Crippen LogP contribution in [0.4, 0.5) is 0 Å². The van der Waals surface area contributed by atoms with Gasteiger partial charge in [-0.3, -0.25) is 0 Å². The van der Waals surface area contributed by atoms with Gasteiger partial charge in [0.05, 0.1) is 40.1 Å². The van der Waals surface area contributed by atoms with E-state index in [-0.39, 0.29) is 12.0 Å². The van der Waals surface area contributed by atoms with Crippen molar-refractivity contribution >= 4 is 10.8 Å². The molecule has 4 aromatic rings. The molecule has 1 unspecified atom stereocenters. The van der Waals surface area contributed by atoms with Gasteiger partial charge in [0.1, 0.15) is 17.2 Å². The van der Waals surface area contributed by atoms with Crippen LogP contribution >= 0.6 is 0 Å². The fraction of sp³-hybridized carbons (Fsp3) is 0.371. The first-order valence-electron chi connectivity index (χ1n) is 14.6. The summed E-state index contributed by atoms with van der Waals surface area (Å²) < 4.78 is 35.4. The molecule has 42 heavy (non-hydrogen) atoms. The largest absolute Gasteiger partial charge is 0.496 e. The van der Waals surface area contributed by atoms with Crippen LogP contribution in [0, 0.1) is 0 Å². The highest BCUT2D eigenvalue weighted by Gasteiger charge is 2.30. The Kier molecular flexibility index (Phi) is 10.7. The van der Waals surface area contributed by atoms with Gasteiger partial charge in [-0.05, 0) is 54.2 Å². The number of para-hydroxylation sites is 1. The summed E-state index contributed by atoms with van der Waals surface area (Å²) in [6.07, 6.45) is 1.22. The lowest BCUT2D eigenvalue weighted by atomic mass is 9.87. The first kappa shape index (κ1) is 29.9. The summed E-state index contributed by atoms with van der Waals surface area (Å²) >= 11 is 0. The Morgan fingerprint density at radius 1 is 0.833 bits per heavy atom. The van der Waals surface area contributed by atoms with E-state index in [0.717, 1.165) is 65.1 Å². The monoisotopic (exact) mass is 571 g/mol. The Bertz CT molecular complexity index is 1410. The molecule has 1 saturated heterocycles. The summed E-state index contributed by atoms with van der Waals surface area (Å²) in [4.78, 5) is 0. The summed E-state index contributed by atoms with van der Waals surface area (Å²) in [6, 6.07) is 28.6. The lowest BCUT2D eigenvalue weighted by molar-refractivity contribution is -0.168. The minimum absolute atomic E-state index is 0.0479. The molecule has 0 amide bonds. The lowest BCUT2D eigenvalue weighted by Crippen LogP contribution is -2.41. The predicted molar refractivity (Wildman–Crippen MR) is 165 cm³/mol. The van der Waals surface area contributed by atoms with Gasteiger partial charge in [-0.25, -0.2) is 0 Å². The van der Waals surface area contributed by atoms with Crippen molar-refractivity contribution in [3.05, 3.63) is 102 Å². The van der Waals surface area contributed by atoms with E-state index in [2.05, 4.69) is 35.6 Å². The Balaban J connectivity index is 1.15. The zero-order valence-electron chi connectivity index (χ0n) is 24.7. The maximum Gasteiger partial charge on any atom is 0.184 e. The second-order valence-electron chi connectivity index (χ2n) is 10.4. The number of rotatable bonds is 14. The summed E-state index contributed by atoms with van der Waals surface area (Å²) in [5.74, 6) is 2.75. The van der Waals surface area contributed by atoms with Crippen LogP contribution in [0.2, 0.25) is 0 Å². The van der Waals surface area contributed by atoms with E-state index in [9.17, 15) is 0 Å². The fourth-order valence-corrected chi connectivity index (χ4v) is 5.55. The smallest absolute Gasteiger partial charge is 0.184 e. The fourth-order valence-electron chi connectivity index (χ4n) is 5.55. The maximum atomic E-state index is 6.63. The molecule has 1 heterocycles. The molecule has 0 aliphatic carbocycles. The highest BCUT2D eigenvalue weighted by atomic mass is 16.7. The number of benzene rings is 4. The van der Waals surface area contributed by atoms with Crippen molar-refractivity contribution in [3.63, 3.8) is 0 Å². The molecule has 0 aromatic heterocycles. The van der Waals surface area contributed by atoms with Crippen LogP contribution in [-0.2, 0) is 20.8 Å². The standard InChI is InChI=1S/C35H41NO6/c1-37-32-12-7-5-10-27(32)24-40-19-8-20-41-29-15-13-25(14-16-29)31-17-18-36-23-34(31)42-35(39-3)28-21-26-9-4-6-11-30(26)33(22-28)38-2/h4-7,9-16,21-22,31,34-36H,8,17-20,23-24H2,1-3H3/t31-,34+,35?/m1/s1. The molecule has 4 aromatic carbocycles. The van der Waals surface area contributed by atoms with Crippen molar-refractivity contribution in [1.82, 2.24) is 5.32 Å². The number of hydrogen-bond acceptors (Lipinski definition) is 7. The molecule has 3 atom stereocenters. The van der Waals surface area contributed by atoms with Crippen molar-refractivity contribution in [3.8, 4) is 17.2 Å². The van der Waals surface area contributed by atoms with Crippen LogP contribution in [0.5, 0.6) is 17.2 Å². The molecular formula is C35H41NO6. The molecule has 5 rings (SSSR count). The number of nitrogens with one attached hydrogen (secondary N) is 1. The normalized spacial score (nSPS) is 17.6. The quantitative estimate of drug-likeness (QED) is 0.134. The second-order valence-corrected chi connectivity index (χ2v) is 10.4. The molecule has 0 radical (unpaired) electrons. The van der Waals surface area contributed by atoms with Crippen LogP contribution in [0.25, 0.3) is 10.8 Å². The van der Waals surface area contributed by atoms with Gasteiger partial charge in [0, 0.05) is 42.5 Å². The van der Waals surface area contributed by atoms with Gasteiger partial charge in [-0.2, -0.15) is 0 Å². The van der Waals surface area contributed by atoms with E-state index in [1.165, 1.54) is 5.56 Å². The van der Waals surface area contributed by atoms with Gasteiger partial charge in [0.15, 0.2) is 6.29 Å². The molecule has 1 N–H and O–H groups in total. The molecule has 1 aliphatic rings. The van der Waals surface area contributed by atoms with Gasteiger partial charge < -0.3 is 33.7 Å². The van der Waals surface area contributed by atoms with E-state index >= 15 is 0 Å². The van der Waals surface area contributed by atoms with Gasteiger partial charge in [0.25, 0.3) is 0 Å². The van der Waals surface area contributed by atoms with Gasteiger partial charge in [-0.15, -0.1) is 0 Å². The average Bonchev–Trinajstić information content (AvgIpc) is 3.05. The molecule has 0 bridgehead atoms. The molecule has 0 saturated carbocycles. The number of ether oxygens (including phenoxy) is 6. The van der Waals surface area contributed by atoms with Crippen LogP contribution in [-0.4, -0.2) is 53.7 Å². The van der Waals surface area contributed by atoms with E-state index in [1.54, 1.807) is 21.3 Å². The highest BCUT2D eigenvalue weighted by Crippen LogP contribution is 2.36. The number of hydrogen-bond donors (Lipinski definition) is 1. The zero-order chi connectivity index (χ0) is 29.1. The molecule has 1 aliphatic heterocycles. The number of methoxy groups -OCH3 is 3. The molecule has 222 valence electrons. The third-order valence-electron chi connectivity index (χ3n) is 7.74. The third-order valence-corrected chi connectivity index (χ3v) is 7.74. The van der Waals surface area contributed by atoms with Crippen molar-refractivity contribution < 1.29 is 28.4 Å². The number of fused-ring (bicyclic) bond motifs is 1. The Labute approximate surface area is 248 Å². The molecule has 7 heteroatoms. The molecular weight excluding hydrogens is 530 g/mol. The summed E-state index contributed by atoms with van der Waals surface area (Å²) in [5.41, 5.74) is 3.22. The van der Waals surface area contributed by atoms with Crippen molar-refractivity contribution in [2.45, 2.75) is 37.8 Å². The van der Waals surface area contributed by atoms with Crippen LogP contribution in [0.3, 0.4) is 0 Å². The van der Waals surface area contributed by atoms with Crippen LogP contribution in [0.1, 0.15) is 41.7 Å². The van der Waals surface area contributed by atoms with E-state index in [1.807, 2.05) is 54.6 Å². The second kappa shape index (κ2) is 15.0. The summed E-state index contributed by atoms with van der Waals surface area (Å²) in [6.45, 7) is 3.43. The maximum absolute atomic E-state index is 6.63. The lowest BCUT2D eigenvalue weighted by Gasteiger charge is -2.35. The molecule has 7 nitrogen and oxygen atoms in total. The van der Waals surface area contributed by atoms with Crippen LogP contribution < -0.4 is 19.5 Å². The minimum Gasteiger partial charge on any atom is -0.496 e. The minimum atomic E-state index is -0.510. The Hall–Kier alpha value is -3.62. The average molecular weight is 572 g/mol. The van der Waals surface area contributed by atoms with Gasteiger partial charge >= 0.3 is 0 Å². The first-order valence-corrected chi connectivity index (χ1v) is 14.6. The van der Waals surface area contributed by atoms with Crippen molar-refractivity contribution in [2.75, 3.05) is 47.6 Å². The highest BCUT2D eigenvalue weighted by molar-refractivity contribution is 5.89. The van der Waals surface area contributed by atoms with Gasteiger partial charge in [0.2, 0.25) is 0 Å². The summed E-state index contributed by atoms with van der Waals surface area (Å²) in [5, 5.41) is 5.65. The zero-order valence-corrected chi connectivity index (χ0v) is 24.7. The van der Waals surface area contributed by atoms with Crippen molar-refractivity contribution in [1.29, 1.82) is 0 Å². The summed E-state index contributed by atoms with van der Waals surface area (Å²) in [7, 11) is 5.06. The topological polar surface area (TPSA) is 67.4 Å². The molecule has 0 spiro atoms. The van der Waals surface area contributed by atoms with Crippen molar-refractivity contribution in [2.24, 2.45) is 0 Å². The van der Waals surface area contributed by atoms with Gasteiger partial charge in [-0.1, -0.05) is 54.6 Å². The predicted octanol–water partition coefficient (Wildman–Crippen LogP) is 6.65. The number of piperidine rings is 1.